The van der Waals surface area contributed by atoms with Crippen LogP contribution in [0.2, 0.25) is 6.32 Å². The first-order valence-corrected chi connectivity index (χ1v) is 25.1. The predicted molar refractivity (Wildman–Crippen MR) is 288 cm³/mol. The van der Waals surface area contributed by atoms with Crippen molar-refractivity contribution in [1.29, 1.82) is 0 Å². The summed E-state index contributed by atoms with van der Waals surface area (Å²) >= 11 is 2.35. The molecule has 7 aromatic carbocycles. The number of anilines is 2. The van der Waals surface area contributed by atoms with Crippen molar-refractivity contribution in [3.63, 3.8) is 0 Å². The Balaban J connectivity index is 1.08. The first-order chi connectivity index (χ1) is 36.3. The average molecular weight is 1110 g/mol. The van der Waals surface area contributed by atoms with Crippen LogP contribution in [-0.4, -0.2) is 30.8 Å². The Morgan fingerprint density at radius 3 is 2.00 bits per heavy atom. The number of hydrogen-bond donors (Lipinski definition) is 0. The molecule has 0 saturated carbocycles. The topological polar surface area (TPSA) is 53.0 Å². The number of imidazole rings is 1. The second kappa shape index (κ2) is 18.2. The van der Waals surface area contributed by atoms with Crippen molar-refractivity contribution >= 4 is 29.5 Å². The van der Waals surface area contributed by atoms with Crippen LogP contribution < -0.4 is 9.55 Å². The van der Waals surface area contributed by atoms with Crippen molar-refractivity contribution in [3.05, 3.63) is 209 Å². The third-order valence-corrected chi connectivity index (χ3v) is 14.3. The molecular formula is C62H55BN6OPt-2. The van der Waals surface area contributed by atoms with Gasteiger partial charge in [0.05, 0.1) is 5.69 Å². The normalized spacial score (nSPS) is 13.6. The summed E-state index contributed by atoms with van der Waals surface area (Å²) in [6.45, 7) is 17.3. The van der Waals surface area contributed by atoms with Crippen molar-refractivity contribution in [1.82, 2.24) is 23.8 Å². The fourth-order valence-electron chi connectivity index (χ4n) is 9.58. The van der Waals surface area contributed by atoms with Gasteiger partial charge in [-0.05, 0) is 18.6 Å². The summed E-state index contributed by atoms with van der Waals surface area (Å²) < 4.78 is 58.6. The van der Waals surface area contributed by atoms with Gasteiger partial charge >= 0.3 is 359 Å². The fourth-order valence-corrected chi connectivity index (χ4v) is 10.7. The van der Waals surface area contributed by atoms with Gasteiger partial charge in [0.2, 0.25) is 0 Å². The molecule has 0 unspecified atom stereocenters. The molecular weight excluding hydrogens is 1050 g/mol. The van der Waals surface area contributed by atoms with Gasteiger partial charge in [-0.25, -0.2) is 0 Å². The molecule has 0 spiro atoms. The standard InChI is InChI=1S/C62H55BN6O.Pt/c1-9-63-68(59-34-42(2)32-33-64-59)57-39-50(30-31-53(57)58-40-54(65-69(58)63)44-22-14-11-15-23-44)70-49-25-18-24-48(38-49)66-41-67(56-29-17-16-28-55(56)66)60-51(43-20-12-10-13-21-43)26-19-27-52(60)45-35-46(61(3,4)5)37-47(36-45)62(6,7)8;/h10-37,40H,9H2,1-8H3;/q-2;/i10D,12D,13D,20D,21D;. The number of rotatable bonds is 9. The zero-order valence-corrected chi connectivity index (χ0v) is 43.3. The maximum atomic E-state index is 9.29. The summed E-state index contributed by atoms with van der Waals surface area (Å²) in [5, 5.41) is 5.18. The van der Waals surface area contributed by atoms with Gasteiger partial charge in [0.1, 0.15) is 0 Å². The molecule has 7 nitrogen and oxygen atoms in total. The second-order valence-corrected chi connectivity index (χ2v) is 21.2. The average Bonchev–Trinajstić information content (AvgIpc) is 4.07. The van der Waals surface area contributed by atoms with Gasteiger partial charge in [0.25, 0.3) is 0 Å². The van der Waals surface area contributed by atoms with Crippen molar-refractivity contribution in [3.8, 4) is 67.6 Å². The quantitative estimate of drug-likeness (QED) is 0.107. The number of aromatic nitrogens is 5. The van der Waals surface area contributed by atoms with Crippen LogP contribution >= 0.6 is 0 Å². The molecule has 0 saturated heterocycles. The first-order valence-electron chi connectivity index (χ1n) is 26.5. The molecule has 10 aromatic rings. The monoisotopic (exact) mass is 1110 g/mol. The zero-order chi connectivity index (χ0) is 53.5. The van der Waals surface area contributed by atoms with E-state index >= 15 is 0 Å². The Labute approximate surface area is 435 Å². The van der Waals surface area contributed by atoms with Crippen molar-refractivity contribution in [2.75, 3.05) is 4.81 Å². The van der Waals surface area contributed by atoms with E-state index in [4.69, 9.17) is 18.9 Å². The first kappa shape index (κ1) is 40.5. The van der Waals surface area contributed by atoms with Gasteiger partial charge in [-0.1, -0.05) is 37.3 Å². The maximum absolute atomic E-state index is 9.29. The zero-order valence-electron chi connectivity index (χ0n) is 46.0. The Bertz CT molecular complexity index is 3940. The third-order valence-electron chi connectivity index (χ3n) is 13.2. The Hall–Kier alpha value is -7.28. The van der Waals surface area contributed by atoms with E-state index in [1.165, 1.54) is 0 Å². The number of ether oxygens (including phenoxy) is 1. The molecule has 0 fully saturated rings. The van der Waals surface area contributed by atoms with E-state index in [9.17, 15) is 2.74 Å². The predicted octanol–water partition coefficient (Wildman–Crippen LogP) is 15.6. The van der Waals surface area contributed by atoms with Gasteiger partial charge in [-0.3, -0.25) is 0 Å². The van der Waals surface area contributed by atoms with E-state index in [0.29, 0.717) is 28.4 Å². The molecule has 0 atom stereocenters. The van der Waals surface area contributed by atoms with E-state index in [0.717, 1.165) is 83.0 Å². The molecule has 0 bridgehead atoms. The minimum absolute atomic E-state index is 0.123. The summed E-state index contributed by atoms with van der Waals surface area (Å²) in [5.74, 6) is 1.76. The number of fused-ring (bicyclic) bond motifs is 4. The van der Waals surface area contributed by atoms with Crippen LogP contribution in [0.25, 0.3) is 67.2 Å². The van der Waals surface area contributed by atoms with Crippen molar-refractivity contribution < 1.29 is 30.9 Å². The molecule has 9 heteroatoms. The third kappa shape index (κ3) is 8.52. The van der Waals surface area contributed by atoms with Crippen LogP contribution in [0.5, 0.6) is 11.5 Å². The Morgan fingerprint density at radius 1 is 0.648 bits per heavy atom. The van der Waals surface area contributed by atoms with Gasteiger partial charge < -0.3 is 0 Å². The van der Waals surface area contributed by atoms with Crippen LogP contribution in [0.1, 0.15) is 72.0 Å². The second-order valence-electron chi connectivity index (χ2n) is 20.2. The molecule has 0 radical (unpaired) electrons. The Kier molecular flexibility index (Phi) is 10.3. The number of aryl methyl sites for hydroxylation is 1. The van der Waals surface area contributed by atoms with Crippen LogP contribution in [0.15, 0.2) is 176 Å². The van der Waals surface area contributed by atoms with Crippen molar-refractivity contribution in [2.45, 2.75) is 72.5 Å². The Morgan fingerprint density at radius 2 is 1.31 bits per heavy atom. The van der Waals surface area contributed by atoms with Gasteiger partial charge in [-0.2, -0.15) is 5.10 Å². The van der Waals surface area contributed by atoms with Crippen LogP contribution in [0, 0.1) is 22.9 Å². The van der Waals surface area contributed by atoms with Crippen LogP contribution in [0.3, 0.4) is 0 Å². The minimum atomic E-state index is -0.440. The van der Waals surface area contributed by atoms with E-state index in [2.05, 4.69) is 172 Å². The number of benzene rings is 7. The van der Waals surface area contributed by atoms with Gasteiger partial charge in [0.15, 0.2) is 0 Å². The molecule has 1 aliphatic rings. The SMILES string of the molecule is [2H]c1c([2H])c([2H])c(-c2cccc(-c3cc(C(C)(C)C)cc(C(C)(C)C)c3)c2-n2[c](=[Pt])n(-c3[c-]c(Oc4[c-]c5c(cc4)-c4cc(-c6ccccc6)nn4B(CC)N5c4cc(C)ccn4)ccc3)c3ccccc32)c([2H])c1[2H]. The molecule has 354 valence electrons. The van der Waals surface area contributed by atoms with Crippen LogP contribution in [-0.2, 0) is 30.2 Å². The van der Waals surface area contributed by atoms with E-state index in [-0.39, 0.29) is 35.5 Å². The number of nitrogens with zero attached hydrogens (tertiary/aromatic N) is 6. The molecule has 0 amide bonds. The number of para-hydroxylation sites is 3. The fraction of sp³-hybridized carbons (Fsp3) is 0.177. The summed E-state index contributed by atoms with van der Waals surface area (Å²) in [7, 11) is 0. The van der Waals surface area contributed by atoms with E-state index < -0.39 is 18.1 Å². The molecule has 0 N–H and O–H groups in total. The van der Waals surface area contributed by atoms with E-state index in [1.54, 1.807) is 0 Å². The van der Waals surface area contributed by atoms with Crippen LogP contribution in [0.4, 0.5) is 11.5 Å². The van der Waals surface area contributed by atoms with Gasteiger partial charge in [-0.15, -0.1) is 0 Å². The molecule has 4 heterocycles. The summed E-state index contributed by atoms with van der Waals surface area (Å²) in [5.41, 5.74) is 13.2. The summed E-state index contributed by atoms with van der Waals surface area (Å²) in [6.07, 6.45) is 2.58. The molecule has 1 aliphatic heterocycles. The molecule has 3 aromatic heterocycles. The molecule has 11 rings (SSSR count). The number of hydrogen-bond acceptors (Lipinski definition) is 4. The number of pyridine rings is 1. The molecule has 0 aliphatic carbocycles. The summed E-state index contributed by atoms with van der Waals surface area (Å²) in [4.78, 5) is 7.08. The van der Waals surface area contributed by atoms with Crippen molar-refractivity contribution in [2.24, 2.45) is 0 Å². The molecule has 71 heavy (non-hydrogen) atoms. The van der Waals surface area contributed by atoms with E-state index in [1.807, 2.05) is 79.0 Å². The van der Waals surface area contributed by atoms with Gasteiger partial charge in [0, 0.05) is 11.8 Å². The summed E-state index contributed by atoms with van der Waals surface area (Å²) in [6, 6.07) is 52.5.